The van der Waals surface area contributed by atoms with E-state index in [1.54, 1.807) is 0 Å². The minimum absolute atomic E-state index is 0.0521. The van der Waals surface area contributed by atoms with Gasteiger partial charge in [0, 0.05) is 20.7 Å². The number of halogens is 1. The smallest absolute Gasteiger partial charge is 0.260 e. The third-order valence-corrected chi connectivity index (χ3v) is 4.47. The highest BCUT2D eigenvalue weighted by molar-refractivity contribution is 9.10. The molecule has 0 amide bonds. The van der Waals surface area contributed by atoms with Gasteiger partial charge in [-0.25, -0.2) is 17.8 Å². The molecule has 1 aromatic heterocycles. The van der Waals surface area contributed by atoms with Crippen molar-refractivity contribution in [1.29, 1.82) is 0 Å². The van der Waals surface area contributed by atoms with Crippen molar-refractivity contribution >= 4 is 26.0 Å². The van der Waals surface area contributed by atoms with Crippen LogP contribution in [0, 0.1) is 0 Å². The summed E-state index contributed by atoms with van der Waals surface area (Å²) in [5.41, 5.74) is 0. The topological polar surface area (TPSA) is 106 Å². The predicted molar refractivity (Wildman–Crippen MR) is 66.4 cm³/mol. The first-order valence-electron chi connectivity index (χ1n) is 5.10. The van der Waals surface area contributed by atoms with Crippen LogP contribution in [0.2, 0.25) is 0 Å². The summed E-state index contributed by atoms with van der Waals surface area (Å²) in [4.78, 5) is 0. The van der Waals surface area contributed by atoms with Crippen molar-refractivity contribution in [2.24, 2.45) is 7.05 Å². The number of ether oxygens (including phenoxy) is 1. The molecule has 0 aliphatic heterocycles. The zero-order valence-electron chi connectivity index (χ0n) is 10.00. The van der Waals surface area contributed by atoms with Gasteiger partial charge < -0.3 is 9.84 Å². The molecule has 8 nitrogen and oxygen atoms in total. The summed E-state index contributed by atoms with van der Waals surface area (Å²) < 4.78 is 32.2. The molecule has 0 saturated carbocycles. The number of aromatic nitrogens is 3. The van der Waals surface area contributed by atoms with Gasteiger partial charge >= 0.3 is 0 Å². The summed E-state index contributed by atoms with van der Waals surface area (Å²) in [6.45, 7) is 0.267. The molecule has 0 aromatic carbocycles. The molecule has 0 radical (unpaired) electrons. The number of hydrogen-bond acceptors (Lipinski definition) is 6. The molecular formula is C8H15BrN4O4S. The van der Waals surface area contributed by atoms with Crippen molar-refractivity contribution in [3.8, 4) is 0 Å². The molecule has 1 aromatic rings. The molecule has 1 rings (SSSR count). The van der Waals surface area contributed by atoms with E-state index in [-0.39, 0.29) is 29.2 Å². The molecular weight excluding hydrogens is 328 g/mol. The summed E-state index contributed by atoms with van der Waals surface area (Å²) in [5, 5.41) is 16.5. The molecule has 1 heterocycles. The van der Waals surface area contributed by atoms with Gasteiger partial charge in [-0.3, -0.25) is 0 Å². The van der Waals surface area contributed by atoms with Gasteiger partial charge in [0.05, 0.1) is 12.7 Å². The van der Waals surface area contributed by atoms with E-state index in [4.69, 9.17) is 4.74 Å². The highest BCUT2D eigenvalue weighted by atomic mass is 79.9. The van der Waals surface area contributed by atoms with Crippen LogP contribution >= 0.6 is 15.9 Å². The Morgan fingerprint density at radius 2 is 2.28 bits per heavy atom. The van der Waals surface area contributed by atoms with Gasteiger partial charge in [0.1, 0.15) is 0 Å². The van der Waals surface area contributed by atoms with E-state index >= 15 is 0 Å². The van der Waals surface area contributed by atoms with E-state index < -0.39 is 16.1 Å². The third-order valence-electron chi connectivity index (χ3n) is 2.12. The predicted octanol–water partition coefficient (Wildman–Crippen LogP) is -0.747. The molecule has 0 bridgehead atoms. The van der Waals surface area contributed by atoms with Gasteiger partial charge in [-0.05, 0) is 22.4 Å². The molecule has 10 heteroatoms. The maximum atomic E-state index is 11.9. The summed E-state index contributed by atoms with van der Waals surface area (Å²) in [6.07, 6.45) is -0.443. The van der Waals surface area contributed by atoms with E-state index in [0.29, 0.717) is 0 Å². The summed E-state index contributed by atoms with van der Waals surface area (Å²) >= 11 is 3.02. The van der Waals surface area contributed by atoms with Crippen LogP contribution in [0.4, 0.5) is 0 Å². The van der Waals surface area contributed by atoms with Crippen LogP contribution in [0.3, 0.4) is 0 Å². The Bertz CT molecular complexity index is 470. The minimum atomic E-state index is -3.70. The van der Waals surface area contributed by atoms with Gasteiger partial charge in [0.2, 0.25) is 5.03 Å². The average Bonchev–Trinajstić information content (AvgIpc) is 2.59. The minimum Gasteiger partial charge on any atom is -0.391 e. The fourth-order valence-electron chi connectivity index (χ4n) is 1.31. The molecule has 1 atom stereocenters. The van der Waals surface area contributed by atoms with Gasteiger partial charge in [-0.1, -0.05) is 5.21 Å². The number of aryl methyl sites for hydroxylation is 1. The van der Waals surface area contributed by atoms with Crippen molar-refractivity contribution in [2.75, 3.05) is 20.3 Å². The molecule has 1 unspecified atom stereocenters. The fraction of sp³-hybridized carbons (Fsp3) is 0.750. The standard InChI is InChI=1S/C8H15BrN4O4S/c1-13-8(7(9)11-12-13)18(15,16)10-4-3-6(14)5-17-2/h6,10,14H,3-5H2,1-2H3. The molecule has 104 valence electrons. The van der Waals surface area contributed by atoms with E-state index in [9.17, 15) is 13.5 Å². The maximum Gasteiger partial charge on any atom is 0.260 e. The average molecular weight is 343 g/mol. The zero-order valence-corrected chi connectivity index (χ0v) is 12.4. The number of nitrogens with zero attached hydrogens (tertiary/aromatic N) is 3. The van der Waals surface area contributed by atoms with Crippen molar-refractivity contribution < 1.29 is 18.3 Å². The van der Waals surface area contributed by atoms with Crippen LogP contribution in [0.25, 0.3) is 0 Å². The second kappa shape index (κ2) is 6.57. The Morgan fingerprint density at radius 3 is 2.78 bits per heavy atom. The monoisotopic (exact) mass is 342 g/mol. The summed E-state index contributed by atoms with van der Waals surface area (Å²) in [5.74, 6) is 0. The van der Waals surface area contributed by atoms with Crippen molar-refractivity contribution in [3.05, 3.63) is 4.60 Å². The largest absolute Gasteiger partial charge is 0.391 e. The number of rotatable bonds is 7. The third kappa shape index (κ3) is 3.99. The van der Waals surface area contributed by atoms with E-state index in [2.05, 4.69) is 31.0 Å². The Hall–Kier alpha value is -0.550. The first-order valence-corrected chi connectivity index (χ1v) is 7.38. The first-order chi connectivity index (χ1) is 8.38. The highest BCUT2D eigenvalue weighted by Crippen LogP contribution is 2.17. The Kier molecular flexibility index (Phi) is 5.66. The molecule has 0 fully saturated rings. The van der Waals surface area contributed by atoms with Crippen LogP contribution in [0.15, 0.2) is 9.63 Å². The van der Waals surface area contributed by atoms with Gasteiger partial charge in [0.15, 0.2) is 4.60 Å². The normalized spacial score (nSPS) is 13.8. The SMILES string of the molecule is COCC(O)CCNS(=O)(=O)c1c(Br)nnn1C. The van der Waals surface area contributed by atoms with Gasteiger partial charge in [0.25, 0.3) is 10.0 Å². The number of nitrogens with one attached hydrogen (secondary N) is 1. The van der Waals surface area contributed by atoms with Crippen molar-refractivity contribution in [2.45, 2.75) is 17.6 Å². The lowest BCUT2D eigenvalue weighted by atomic mass is 10.3. The summed E-state index contributed by atoms with van der Waals surface area (Å²) in [6, 6.07) is 0. The Balaban J connectivity index is 2.61. The molecule has 0 spiro atoms. The van der Waals surface area contributed by atoms with Crippen LogP contribution in [-0.2, 0) is 21.8 Å². The summed E-state index contributed by atoms with van der Waals surface area (Å²) in [7, 11) is -0.757. The van der Waals surface area contributed by atoms with Gasteiger partial charge in [-0.15, -0.1) is 5.10 Å². The maximum absolute atomic E-state index is 11.9. The highest BCUT2D eigenvalue weighted by Gasteiger charge is 2.23. The zero-order chi connectivity index (χ0) is 13.8. The lowest BCUT2D eigenvalue weighted by Crippen LogP contribution is -2.30. The van der Waals surface area contributed by atoms with E-state index in [0.717, 1.165) is 4.68 Å². The van der Waals surface area contributed by atoms with Gasteiger partial charge in [-0.2, -0.15) is 0 Å². The lowest BCUT2D eigenvalue weighted by molar-refractivity contribution is 0.0603. The molecule has 0 aliphatic rings. The number of methoxy groups -OCH3 is 1. The molecule has 0 aliphatic carbocycles. The molecule has 0 saturated heterocycles. The van der Waals surface area contributed by atoms with Crippen LogP contribution in [0.1, 0.15) is 6.42 Å². The van der Waals surface area contributed by atoms with Crippen LogP contribution in [-0.4, -0.2) is 54.9 Å². The quantitative estimate of drug-likeness (QED) is 0.675. The number of sulfonamides is 1. The van der Waals surface area contributed by atoms with Crippen molar-refractivity contribution in [3.63, 3.8) is 0 Å². The Labute approximate surface area is 114 Å². The molecule has 2 N–H and O–H groups in total. The van der Waals surface area contributed by atoms with E-state index in [1.807, 2.05) is 0 Å². The number of aliphatic hydroxyl groups excluding tert-OH is 1. The second-order valence-corrected chi connectivity index (χ2v) is 6.04. The van der Waals surface area contributed by atoms with E-state index in [1.165, 1.54) is 14.2 Å². The lowest BCUT2D eigenvalue weighted by Gasteiger charge is -2.10. The fourth-order valence-corrected chi connectivity index (χ4v) is 3.45. The Morgan fingerprint density at radius 1 is 1.61 bits per heavy atom. The molecule has 18 heavy (non-hydrogen) atoms. The van der Waals surface area contributed by atoms with Crippen molar-refractivity contribution in [1.82, 2.24) is 19.7 Å². The number of aliphatic hydroxyl groups is 1. The second-order valence-electron chi connectivity index (χ2n) is 3.60. The van der Waals surface area contributed by atoms with Crippen LogP contribution in [0.5, 0.6) is 0 Å². The number of hydrogen-bond donors (Lipinski definition) is 2. The van der Waals surface area contributed by atoms with Crippen LogP contribution < -0.4 is 4.72 Å². The first kappa shape index (κ1) is 15.5.